The van der Waals surface area contributed by atoms with Crippen molar-refractivity contribution in [2.45, 2.75) is 39.5 Å². The highest BCUT2D eigenvalue weighted by Gasteiger charge is 2.26. The second kappa shape index (κ2) is 9.80. The summed E-state index contributed by atoms with van der Waals surface area (Å²) >= 11 is 1.46. The third-order valence-electron chi connectivity index (χ3n) is 5.07. The van der Waals surface area contributed by atoms with Gasteiger partial charge in [0.25, 0.3) is 5.91 Å². The van der Waals surface area contributed by atoms with Gasteiger partial charge in [0.05, 0.1) is 19.3 Å². The number of primary amides is 1. The number of methoxy groups -OCH3 is 1. The molecule has 3 rings (SSSR count). The molecule has 1 heterocycles. The predicted octanol–water partition coefficient (Wildman–Crippen LogP) is 4.42. The average Bonchev–Trinajstić information content (AvgIpc) is 3.07. The fraction of sp³-hybridized carbons (Fsp3) is 0.391. The van der Waals surface area contributed by atoms with Crippen molar-refractivity contribution in [3.63, 3.8) is 0 Å². The molecule has 1 aliphatic rings. The summed E-state index contributed by atoms with van der Waals surface area (Å²) in [6.45, 7) is 4.84. The van der Waals surface area contributed by atoms with Crippen molar-refractivity contribution in [1.29, 1.82) is 0 Å². The number of carbonyl (C=O) groups is 2. The van der Waals surface area contributed by atoms with E-state index in [2.05, 4.69) is 12.2 Å². The fourth-order valence-corrected chi connectivity index (χ4v) is 4.96. The first-order chi connectivity index (χ1) is 14.4. The molecule has 0 radical (unpaired) electrons. The van der Waals surface area contributed by atoms with E-state index < -0.39 is 5.91 Å². The van der Waals surface area contributed by atoms with E-state index in [0.29, 0.717) is 34.6 Å². The van der Waals surface area contributed by atoms with Gasteiger partial charge in [0.15, 0.2) is 11.5 Å². The standard InChI is InChI=1S/C23H28N2O4S/c1-4-11-29-17-9-6-15(13-18(17)28-3)7-10-20(26)25-23-21(22(24)27)16-8-5-14(2)12-19(16)30-23/h6-7,9-10,13-14H,4-5,8,11-12H2,1-3H3,(H2,24,27)(H,25,26)/b10-7+/t14-/m1/s1. The zero-order chi connectivity index (χ0) is 21.7. The van der Waals surface area contributed by atoms with Crippen LogP contribution in [0.15, 0.2) is 24.3 Å². The molecule has 7 heteroatoms. The third kappa shape index (κ3) is 5.02. The van der Waals surface area contributed by atoms with Crippen molar-refractivity contribution in [2.75, 3.05) is 19.0 Å². The van der Waals surface area contributed by atoms with Crippen LogP contribution in [0.5, 0.6) is 11.5 Å². The minimum absolute atomic E-state index is 0.311. The summed E-state index contributed by atoms with van der Waals surface area (Å²) in [5.41, 5.74) is 7.88. The summed E-state index contributed by atoms with van der Waals surface area (Å²) in [5, 5.41) is 3.38. The number of ether oxygens (including phenoxy) is 2. The lowest BCUT2D eigenvalue weighted by molar-refractivity contribution is -0.111. The number of hydrogen-bond donors (Lipinski definition) is 2. The van der Waals surface area contributed by atoms with Gasteiger partial charge in [-0.15, -0.1) is 11.3 Å². The maximum Gasteiger partial charge on any atom is 0.251 e. The van der Waals surface area contributed by atoms with Gasteiger partial charge in [0.2, 0.25) is 5.91 Å². The Balaban J connectivity index is 1.74. The van der Waals surface area contributed by atoms with Gasteiger partial charge in [-0.2, -0.15) is 0 Å². The summed E-state index contributed by atoms with van der Waals surface area (Å²) in [6, 6.07) is 5.50. The first kappa shape index (κ1) is 21.9. The lowest BCUT2D eigenvalue weighted by atomic mass is 9.88. The molecule has 0 spiro atoms. The molecular formula is C23H28N2O4S. The number of nitrogens with one attached hydrogen (secondary N) is 1. The molecule has 160 valence electrons. The summed E-state index contributed by atoms with van der Waals surface area (Å²) in [6.07, 6.45) is 6.80. The van der Waals surface area contributed by atoms with Crippen molar-refractivity contribution in [1.82, 2.24) is 0 Å². The molecule has 3 N–H and O–H groups in total. The van der Waals surface area contributed by atoms with Gasteiger partial charge >= 0.3 is 0 Å². The predicted molar refractivity (Wildman–Crippen MR) is 120 cm³/mol. The van der Waals surface area contributed by atoms with Gasteiger partial charge in [-0.25, -0.2) is 0 Å². The molecule has 0 aliphatic heterocycles. The SMILES string of the molecule is CCCOc1ccc(/C=C/C(=O)Nc2sc3c(c2C(N)=O)CC[C@@H](C)C3)cc1OC. The highest BCUT2D eigenvalue weighted by Crippen LogP contribution is 2.39. The Kier molecular flexibility index (Phi) is 7.15. The van der Waals surface area contributed by atoms with Crippen LogP contribution < -0.4 is 20.5 Å². The van der Waals surface area contributed by atoms with Crippen LogP contribution in [-0.2, 0) is 17.6 Å². The highest BCUT2D eigenvalue weighted by atomic mass is 32.1. The Morgan fingerprint density at radius 1 is 1.33 bits per heavy atom. The van der Waals surface area contributed by atoms with Crippen LogP contribution in [0.4, 0.5) is 5.00 Å². The number of carbonyl (C=O) groups excluding carboxylic acids is 2. The van der Waals surface area contributed by atoms with Crippen molar-refractivity contribution >= 4 is 34.2 Å². The number of hydrogen-bond acceptors (Lipinski definition) is 5. The number of amides is 2. The number of benzene rings is 1. The zero-order valence-electron chi connectivity index (χ0n) is 17.6. The normalized spacial score (nSPS) is 15.6. The average molecular weight is 429 g/mol. The summed E-state index contributed by atoms with van der Waals surface area (Å²) in [5.74, 6) is 1.05. The van der Waals surface area contributed by atoms with Crippen LogP contribution in [0.1, 0.15) is 53.1 Å². The van der Waals surface area contributed by atoms with Crippen LogP contribution in [0.25, 0.3) is 6.08 Å². The zero-order valence-corrected chi connectivity index (χ0v) is 18.4. The maximum atomic E-state index is 12.5. The molecule has 1 atom stereocenters. The van der Waals surface area contributed by atoms with Crippen molar-refractivity contribution in [3.8, 4) is 11.5 Å². The maximum absolute atomic E-state index is 12.5. The van der Waals surface area contributed by atoms with E-state index in [1.54, 1.807) is 13.2 Å². The fourth-order valence-electron chi connectivity index (χ4n) is 3.54. The van der Waals surface area contributed by atoms with Gasteiger partial charge in [-0.05, 0) is 60.9 Å². The van der Waals surface area contributed by atoms with E-state index in [1.807, 2.05) is 25.1 Å². The van der Waals surface area contributed by atoms with Gasteiger partial charge in [0.1, 0.15) is 5.00 Å². The van der Waals surface area contributed by atoms with Crippen molar-refractivity contribution in [2.24, 2.45) is 11.7 Å². The molecule has 6 nitrogen and oxygen atoms in total. The molecule has 30 heavy (non-hydrogen) atoms. The smallest absolute Gasteiger partial charge is 0.251 e. The second-order valence-corrected chi connectivity index (χ2v) is 8.61. The van der Waals surface area contributed by atoms with Crippen LogP contribution in [0.2, 0.25) is 0 Å². The molecule has 1 aromatic heterocycles. The van der Waals surface area contributed by atoms with Gasteiger partial charge < -0.3 is 20.5 Å². The number of fused-ring (bicyclic) bond motifs is 1. The first-order valence-corrected chi connectivity index (χ1v) is 11.0. The summed E-state index contributed by atoms with van der Waals surface area (Å²) in [4.78, 5) is 25.7. The monoisotopic (exact) mass is 428 g/mol. The lowest BCUT2D eigenvalue weighted by Gasteiger charge is -2.18. The molecule has 2 amide bonds. The molecule has 2 aromatic rings. The van der Waals surface area contributed by atoms with E-state index in [4.69, 9.17) is 15.2 Å². The molecule has 0 fully saturated rings. The Hall–Kier alpha value is -2.80. The van der Waals surface area contributed by atoms with Crippen molar-refractivity contribution in [3.05, 3.63) is 45.8 Å². The molecular weight excluding hydrogens is 400 g/mol. The Bertz CT molecular complexity index is 964. The van der Waals surface area contributed by atoms with Crippen LogP contribution in [0, 0.1) is 5.92 Å². The Labute approximate surface area is 181 Å². The van der Waals surface area contributed by atoms with E-state index in [0.717, 1.165) is 41.7 Å². The van der Waals surface area contributed by atoms with E-state index >= 15 is 0 Å². The quantitative estimate of drug-likeness (QED) is 0.609. The highest BCUT2D eigenvalue weighted by molar-refractivity contribution is 7.17. The van der Waals surface area contributed by atoms with Gasteiger partial charge in [-0.1, -0.05) is 19.9 Å². The molecule has 0 unspecified atom stereocenters. The van der Waals surface area contributed by atoms with E-state index in [9.17, 15) is 9.59 Å². The summed E-state index contributed by atoms with van der Waals surface area (Å²) in [7, 11) is 1.58. The van der Waals surface area contributed by atoms with Crippen LogP contribution in [0.3, 0.4) is 0 Å². The van der Waals surface area contributed by atoms with Crippen LogP contribution in [-0.4, -0.2) is 25.5 Å². The Morgan fingerprint density at radius 3 is 2.83 bits per heavy atom. The topological polar surface area (TPSA) is 90.6 Å². The lowest BCUT2D eigenvalue weighted by Crippen LogP contribution is -2.18. The molecule has 1 aromatic carbocycles. The minimum atomic E-state index is -0.492. The largest absolute Gasteiger partial charge is 0.493 e. The first-order valence-electron chi connectivity index (χ1n) is 10.2. The summed E-state index contributed by atoms with van der Waals surface area (Å²) < 4.78 is 11.0. The van der Waals surface area contributed by atoms with Gasteiger partial charge in [-0.3, -0.25) is 9.59 Å². The molecule has 1 aliphatic carbocycles. The van der Waals surface area contributed by atoms with Crippen molar-refractivity contribution < 1.29 is 19.1 Å². The van der Waals surface area contributed by atoms with E-state index in [-0.39, 0.29) is 5.91 Å². The Morgan fingerprint density at radius 2 is 2.13 bits per heavy atom. The number of thiophene rings is 1. The molecule has 0 bridgehead atoms. The number of rotatable bonds is 8. The van der Waals surface area contributed by atoms with E-state index in [1.165, 1.54) is 17.4 Å². The van der Waals surface area contributed by atoms with Gasteiger partial charge in [0, 0.05) is 11.0 Å². The number of nitrogens with two attached hydrogens (primary N) is 1. The second-order valence-electron chi connectivity index (χ2n) is 7.50. The minimum Gasteiger partial charge on any atom is -0.493 e. The van der Waals surface area contributed by atoms with Crippen LogP contribution >= 0.6 is 11.3 Å². The number of anilines is 1. The molecule has 0 saturated carbocycles. The third-order valence-corrected chi connectivity index (χ3v) is 6.24. The molecule has 0 saturated heterocycles.